The van der Waals surface area contributed by atoms with Gasteiger partial charge in [-0.25, -0.2) is 0 Å². The van der Waals surface area contributed by atoms with Gasteiger partial charge in [-0.1, -0.05) is 30.3 Å². The summed E-state index contributed by atoms with van der Waals surface area (Å²) >= 11 is 0. The van der Waals surface area contributed by atoms with Gasteiger partial charge in [0.1, 0.15) is 0 Å². The van der Waals surface area contributed by atoms with Gasteiger partial charge in [0.25, 0.3) is 0 Å². The van der Waals surface area contributed by atoms with Crippen LogP contribution in [0.3, 0.4) is 0 Å². The summed E-state index contributed by atoms with van der Waals surface area (Å²) < 4.78 is 1.98. The highest BCUT2D eigenvalue weighted by Gasteiger charge is 2.23. The zero-order valence-electron chi connectivity index (χ0n) is 14.4. The Morgan fingerprint density at radius 2 is 2.04 bits per heavy atom. The van der Waals surface area contributed by atoms with Gasteiger partial charge in [0, 0.05) is 51.5 Å². The van der Waals surface area contributed by atoms with Gasteiger partial charge in [0.2, 0.25) is 0 Å². The maximum absolute atomic E-state index is 4.24. The summed E-state index contributed by atoms with van der Waals surface area (Å²) in [5.41, 5.74) is 2.74. The molecule has 0 radical (unpaired) electrons. The third kappa shape index (κ3) is 4.66. The molecule has 0 spiro atoms. The topological polar surface area (TPSA) is 24.3 Å². The molecule has 2 heterocycles. The van der Waals surface area contributed by atoms with E-state index in [0.717, 1.165) is 25.4 Å². The molecule has 1 atom stereocenters. The third-order valence-electron chi connectivity index (χ3n) is 4.86. The molecule has 1 aliphatic heterocycles. The lowest BCUT2D eigenvalue weighted by Gasteiger charge is -2.21. The van der Waals surface area contributed by atoms with Crippen molar-refractivity contribution in [1.82, 2.24) is 19.6 Å². The normalized spacial score (nSPS) is 18.8. The van der Waals surface area contributed by atoms with Crippen molar-refractivity contribution in [2.24, 2.45) is 13.0 Å². The minimum absolute atomic E-state index is 0.801. The molecule has 0 aliphatic carbocycles. The second-order valence-electron chi connectivity index (χ2n) is 6.83. The zero-order chi connectivity index (χ0) is 16.1. The predicted molar refractivity (Wildman–Crippen MR) is 94.2 cm³/mol. The zero-order valence-corrected chi connectivity index (χ0v) is 14.4. The molecule has 1 aliphatic rings. The van der Waals surface area contributed by atoms with Crippen molar-refractivity contribution in [2.45, 2.75) is 19.4 Å². The smallest absolute Gasteiger partial charge is 0.0492 e. The predicted octanol–water partition coefficient (Wildman–Crippen LogP) is 2.42. The molecule has 0 bridgehead atoms. The van der Waals surface area contributed by atoms with Gasteiger partial charge >= 0.3 is 0 Å². The van der Waals surface area contributed by atoms with Crippen LogP contribution in [0.25, 0.3) is 0 Å². The van der Waals surface area contributed by atoms with Crippen LogP contribution < -0.4 is 0 Å². The summed E-state index contributed by atoms with van der Waals surface area (Å²) in [6.07, 6.45) is 4.28. The third-order valence-corrected chi connectivity index (χ3v) is 4.86. The van der Waals surface area contributed by atoms with Crippen molar-refractivity contribution < 1.29 is 0 Å². The number of rotatable bonds is 7. The van der Waals surface area contributed by atoms with E-state index in [-0.39, 0.29) is 0 Å². The number of hydrogen-bond donors (Lipinski definition) is 0. The fourth-order valence-electron chi connectivity index (χ4n) is 3.53. The molecular weight excluding hydrogens is 284 g/mol. The van der Waals surface area contributed by atoms with Gasteiger partial charge in [0.05, 0.1) is 0 Å². The van der Waals surface area contributed by atoms with Crippen LogP contribution in [-0.4, -0.2) is 52.8 Å². The summed E-state index contributed by atoms with van der Waals surface area (Å²) in [4.78, 5) is 5.07. The lowest BCUT2D eigenvalue weighted by molar-refractivity contribution is 0.261. The summed E-state index contributed by atoms with van der Waals surface area (Å²) in [5.74, 6) is 0.801. The monoisotopic (exact) mass is 312 g/mol. The Morgan fingerprint density at radius 1 is 1.22 bits per heavy atom. The van der Waals surface area contributed by atoms with Gasteiger partial charge < -0.3 is 4.90 Å². The molecular formula is C19H28N4. The second kappa shape index (κ2) is 7.75. The molecule has 2 aromatic rings. The van der Waals surface area contributed by atoms with E-state index < -0.39 is 0 Å². The van der Waals surface area contributed by atoms with Crippen molar-refractivity contribution >= 4 is 0 Å². The van der Waals surface area contributed by atoms with Crippen LogP contribution in [0.4, 0.5) is 0 Å². The number of aryl methyl sites for hydroxylation is 1. The van der Waals surface area contributed by atoms with Gasteiger partial charge in [0.15, 0.2) is 0 Å². The quantitative estimate of drug-likeness (QED) is 0.785. The highest BCUT2D eigenvalue weighted by atomic mass is 15.3. The number of nitrogens with zero attached hydrogens (tertiary/aromatic N) is 4. The first-order chi connectivity index (χ1) is 11.2. The highest BCUT2D eigenvalue weighted by molar-refractivity contribution is 5.14. The molecule has 0 unspecified atom stereocenters. The minimum atomic E-state index is 0.801. The first-order valence-electron chi connectivity index (χ1n) is 8.62. The van der Waals surface area contributed by atoms with Crippen LogP contribution in [0.2, 0.25) is 0 Å². The van der Waals surface area contributed by atoms with Crippen molar-refractivity contribution in [3.8, 4) is 0 Å². The molecule has 0 amide bonds. The average Bonchev–Trinajstić information content (AvgIpc) is 3.15. The molecule has 23 heavy (non-hydrogen) atoms. The fourth-order valence-corrected chi connectivity index (χ4v) is 3.53. The Morgan fingerprint density at radius 3 is 2.78 bits per heavy atom. The fraction of sp³-hybridized carbons (Fsp3) is 0.526. The van der Waals surface area contributed by atoms with Crippen molar-refractivity contribution in [1.29, 1.82) is 0 Å². The molecule has 4 heteroatoms. The van der Waals surface area contributed by atoms with Crippen molar-refractivity contribution in [2.75, 3.05) is 33.2 Å². The number of aromatic nitrogens is 2. The Labute approximate surface area is 139 Å². The van der Waals surface area contributed by atoms with Gasteiger partial charge in [-0.15, -0.1) is 0 Å². The van der Waals surface area contributed by atoms with E-state index >= 15 is 0 Å². The number of likely N-dealkylation sites (tertiary alicyclic amines) is 1. The summed E-state index contributed by atoms with van der Waals surface area (Å²) in [6.45, 7) is 5.86. The Balaban J connectivity index is 1.40. The van der Waals surface area contributed by atoms with Crippen LogP contribution in [0.1, 0.15) is 17.7 Å². The lowest BCUT2D eigenvalue weighted by atomic mass is 10.1. The van der Waals surface area contributed by atoms with E-state index in [1.807, 2.05) is 17.9 Å². The summed E-state index contributed by atoms with van der Waals surface area (Å²) in [5, 5.41) is 4.24. The molecule has 1 aromatic carbocycles. The van der Waals surface area contributed by atoms with Crippen LogP contribution in [-0.2, 0) is 20.0 Å². The first kappa shape index (κ1) is 16.2. The van der Waals surface area contributed by atoms with Crippen LogP contribution in [0, 0.1) is 5.92 Å². The molecule has 0 N–H and O–H groups in total. The van der Waals surface area contributed by atoms with Gasteiger partial charge in [-0.2, -0.15) is 5.10 Å². The Bertz CT molecular complexity index is 592. The van der Waals surface area contributed by atoms with Gasteiger partial charge in [-0.3, -0.25) is 9.58 Å². The highest BCUT2D eigenvalue weighted by Crippen LogP contribution is 2.19. The van der Waals surface area contributed by atoms with E-state index in [1.165, 1.54) is 37.3 Å². The number of benzene rings is 1. The molecule has 4 nitrogen and oxygen atoms in total. The molecule has 1 saturated heterocycles. The minimum Gasteiger partial charge on any atom is -0.306 e. The Hall–Kier alpha value is -1.65. The molecule has 1 aromatic heterocycles. The second-order valence-corrected chi connectivity index (χ2v) is 6.83. The average molecular weight is 312 g/mol. The lowest BCUT2D eigenvalue weighted by Crippen LogP contribution is -2.30. The van der Waals surface area contributed by atoms with Crippen LogP contribution >= 0.6 is 0 Å². The number of hydrogen-bond acceptors (Lipinski definition) is 3. The van der Waals surface area contributed by atoms with Crippen molar-refractivity contribution in [3.05, 3.63) is 53.9 Å². The maximum Gasteiger partial charge on any atom is 0.0492 e. The molecule has 124 valence electrons. The van der Waals surface area contributed by atoms with E-state index in [9.17, 15) is 0 Å². The van der Waals surface area contributed by atoms with Crippen LogP contribution in [0.15, 0.2) is 42.6 Å². The van der Waals surface area contributed by atoms with E-state index in [1.54, 1.807) is 0 Å². The van der Waals surface area contributed by atoms with E-state index in [4.69, 9.17) is 0 Å². The van der Waals surface area contributed by atoms with Crippen molar-refractivity contribution in [3.63, 3.8) is 0 Å². The van der Waals surface area contributed by atoms with E-state index in [2.05, 4.69) is 58.3 Å². The summed E-state index contributed by atoms with van der Waals surface area (Å²) in [6, 6.07) is 12.9. The molecule has 1 fully saturated rings. The largest absolute Gasteiger partial charge is 0.306 e. The standard InChI is InChI=1S/C19H28N4/c1-21(12-10-19-8-11-20-22(19)2)14-18-9-13-23(16-18)15-17-6-4-3-5-7-17/h3-8,11,18H,9-10,12-16H2,1-2H3/t18-/m0/s1. The molecule has 0 saturated carbocycles. The maximum atomic E-state index is 4.24. The Kier molecular flexibility index (Phi) is 5.47. The summed E-state index contributed by atoms with van der Waals surface area (Å²) in [7, 11) is 4.27. The van der Waals surface area contributed by atoms with E-state index in [0.29, 0.717) is 0 Å². The van der Waals surface area contributed by atoms with Gasteiger partial charge in [-0.05, 0) is 37.6 Å². The number of likely N-dealkylation sites (N-methyl/N-ethyl adjacent to an activating group) is 1. The SMILES string of the molecule is CN(CCc1ccnn1C)C[C@@H]1CCN(Cc2ccccc2)C1. The van der Waals surface area contributed by atoms with Crippen LogP contribution in [0.5, 0.6) is 0 Å². The first-order valence-corrected chi connectivity index (χ1v) is 8.62. The molecule has 3 rings (SSSR count).